The first-order chi connectivity index (χ1) is 1.73. The number of hydrogen-bond acceptors (Lipinski definition) is 1. The van der Waals surface area contributed by atoms with E-state index in [1.165, 1.54) is 0 Å². The van der Waals surface area contributed by atoms with Crippen molar-refractivity contribution in [3.63, 3.8) is 0 Å². The van der Waals surface area contributed by atoms with Crippen molar-refractivity contribution in [1.82, 2.24) is 0 Å². The van der Waals surface area contributed by atoms with Gasteiger partial charge in [-0.3, -0.25) is 0 Å². The van der Waals surface area contributed by atoms with E-state index in [1.54, 1.807) is 6.92 Å². The third kappa shape index (κ3) is 403. The predicted molar refractivity (Wildman–Crippen MR) is 18.8 cm³/mol. The molecule has 1 nitrogen and oxygen atoms in total. The molecule has 0 amide bonds. The Hall–Kier alpha value is 0.228. The first kappa shape index (κ1) is 8.97. The van der Waals surface area contributed by atoms with E-state index >= 15 is 0 Å². The number of hydrogen-bond donors (Lipinski definition) is 1. The van der Waals surface area contributed by atoms with Gasteiger partial charge in [-0.1, -0.05) is 6.92 Å². The van der Waals surface area contributed by atoms with Crippen molar-refractivity contribution in [1.29, 1.82) is 5.41 Å². The summed E-state index contributed by atoms with van der Waals surface area (Å²) in [6.45, 7) is 4.86. The minimum atomic E-state index is 0. The maximum absolute atomic E-state index is 6.39. The van der Waals surface area contributed by atoms with Crippen LogP contribution in [-0.2, 0) is 21.1 Å². The van der Waals surface area contributed by atoms with Crippen molar-refractivity contribution in [2.75, 3.05) is 0 Å². The molecule has 5 heavy (non-hydrogen) atoms. The average Bonchev–Trinajstić information content (AvgIpc) is 0.811. The summed E-state index contributed by atoms with van der Waals surface area (Å²) in [5, 5.41) is 6.39. The molecule has 0 bridgehead atoms. The van der Waals surface area contributed by atoms with Gasteiger partial charge in [0.05, 0.1) is 0 Å². The fourth-order valence-corrected chi connectivity index (χ4v) is 0. The molecule has 0 rings (SSSR count). The molecule has 0 fully saturated rings. The topological polar surface area (TPSA) is 23.9 Å². The SMILES string of the molecule is [CH2-]C(C)=N.[W]. The Kier molecular flexibility index (Phi) is 7.58. The molecule has 0 spiro atoms. The molecule has 0 saturated carbocycles. The molecule has 2 heteroatoms. The predicted octanol–water partition coefficient (Wildman–Crippen LogP) is 0.858. The van der Waals surface area contributed by atoms with Crippen molar-refractivity contribution in [2.45, 2.75) is 6.92 Å². The second-order valence-corrected chi connectivity index (χ2v) is 0.780. The Morgan fingerprint density at radius 3 is 1.80 bits per heavy atom. The fourth-order valence-electron chi connectivity index (χ4n) is 0. The quantitative estimate of drug-likeness (QED) is 0.479. The van der Waals surface area contributed by atoms with Gasteiger partial charge in [0.25, 0.3) is 0 Å². The van der Waals surface area contributed by atoms with E-state index in [9.17, 15) is 0 Å². The summed E-state index contributed by atoms with van der Waals surface area (Å²) in [4.78, 5) is 0. The zero-order chi connectivity index (χ0) is 3.58. The smallest absolute Gasteiger partial charge is 0 e. The van der Waals surface area contributed by atoms with Gasteiger partial charge in [-0.05, 0) is 0 Å². The van der Waals surface area contributed by atoms with E-state index in [0.717, 1.165) is 0 Å². The van der Waals surface area contributed by atoms with Crippen LogP contribution in [0.1, 0.15) is 6.92 Å². The Morgan fingerprint density at radius 2 is 1.80 bits per heavy atom. The maximum Gasteiger partial charge on any atom is 0 e. The Balaban J connectivity index is 0. The van der Waals surface area contributed by atoms with Crippen LogP contribution in [0.4, 0.5) is 0 Å². The summed E-state index contributed by atoms with van der Waals surface area (Å²) < 4.78 is 0. The van der Waals surface area contributed by atoms with Crippen LogP contribution < -0.4 is 0 Å². The number of nitrogens with one attached hydrogen (secondary N) is 1. The van der Waals surface area contributed by atoms with E-state index in [1.807, 2.05) is 0 Å². The number of rotatable bonds is 0. The zero-order valence-electron chi connectivity index (χ0n) is 3.12. The summed E-state index contributed by atoms with van der Waals surface area (Å²) in [6, 6.07) is 0. The van der Waals surface area contributed by atoms with Crippen molar-refractivity contribution >= 4 is 5.71 Å². The minimum Gasteiger partial charge on any atom is -0.362 e. The second kappa shape index (κ2) is 4.23. The van der Waals surface area contributed by atoms with Gasteiger partial charge in [0.2, 0.25) is 0 Å². The summed E-state index contributed by atoms with van der Waals surface area (Å²) in [5.74, 6) is 0. The molecule has 0 aliphatic rings. The zero-order valence-corrected chi connectivity index (χ0v) is 6.05. The van der Waals surface area contributed by atoms with Gasteiger partial charge >= 0.3 is 0 Å². The van der Waals surface area contributed by atoms with E-state index in [-0.39, 0.29) is 21.1 Å². The van der Waals surface area contributed by atoms with Crippen LogP contribution in [0.25, 0.3) is 0 Å². The summed E-state index contributed by atoms with van der Waals surface area (Å²) in [7, 11) is 0. The monoisotopic (exact) mass is 240 g/mol. The van der Waals surface area contributed by atoms with Crippen LogP contribution in [0.5, 0.6) is 0 Å². The van der Waals surface area contributed by atoms with E-state index in [2.05, 4.69) is 6.92 Å². The Morgan fingerprint density at radius 1 is 1.80 bits per heavy atom. The maximum atomic E-state index is 6.39. The van der Waals surface area contributed by atoms with Crippen LogP contribution in [-0.4, -0.2) is 5.71 Å². The van der Waals surface area contributed by atoms with Gasteiger partial charge in [-0.2, -0.15) is 0 Å². The first-order valence-corrected chi connectivity index (χ1v) is 1.10. The molecule has 0 aliphatic carbocycles. The molecule has 0 aromatic rings. The summed E-state index contributed by atoms with van der Waals surface area (Å²) in [6.07, 6.45) is 0. The van der Waals surface area contributed by atoms with Gasteiger partial charge in [-0.15, -0.1) is 5.71 Å². The van der Waals surface area contributed by atoms with Gasteiger partial charge in [0.15, 0.2) is 0 Å². The Labute approximate surface area is 46.5 Å². The Bertz CT molecular complexity index is 29.9. The van der Waals surface area contributed by atoms with Gasteiger partial charge < -0.3 is 12.3 Å². The van der Waals surface area contributed by atoms with Crippen molar-refractivity contribution in [2.24, 2.45) is 0 Å². The molecule has 0 aromatic carbocycles. The van der Waals surface area contributed by atoms with Crippen LogP contribution in [0.3, 0.4) is 0 Å². The third-order valence-corrected chi connectivity index (χ3v) is 0. The van der Waals surface area contributed by atoms with Crippen molar-refractivity contribution < 1.29 is 21.1 Å². The molecule has 30 valence electrons. The average molecular weight is 240 g/mol. The fraction of sp³-hybridized carbons (Fsp3) is 0.333. The van der Waals surface area contributed by atoms with Crippen LogP contribution in [0.2, 0.25) is 0 Å². The molecule has 0 aromatic heterocycles. The van der Waals surface area contributed by atoms with Gasteiger partial charge in [0, 0.05) is 21.1 Å². The molecule has 0 radical (unpaired) electrons. The normalized spacial score (nSPS) is 5.00. The molecular formula is C3H6NW-. The molecule has 0 unspecified atom stereocenters. The van der Waals surface area contributed by atoms with Crippen LogP contribution >= 0.6 is 0 Å². The molecule has 0 saturated heterocycles. The standard InChI is InChI=1S/C3H6N.W/c1-3(2)4;/h4H,1H2,2H3;/q-1;. The summed E-state index contributed by atoms with van der Waals surface area (Å²) >= 11 is 0. The summed E-state index contributed by atoms with van der Waals surface area (Å²) in [5.41, 5.74) is 0.417. The van der Waals surface area contributed by atoms with Gasteiger partial charge in [0.1, 0.15) is 0 Å². The molecular weight excluding hydrogens is 234 g/mol. The molecule has 0 heterocycles. The first-order valence-electron chi connectivity index (χ1n) is 1.10. The third-order valence-electron chi connectivity index (χ3n) is 0. The van der Waals surface area contributed by atoms with E-state index in [0.29, 0.717) is 5.71 Å². The van der Waals surface area contributed by atoms with E-state index in [4.69, 9.17) is 5.41 Å². The van der Waals surface area contributed by atoms with Crippen molar-refractivity contribution in [3.8, 4) is 0 Å². The van der Waals surface area contributed by atoms with Crippen LogP contribution in [0, 0.1) is 12.3 Å². The molecule has 0 aliphatic heterocycles. The van der Waals surface area contributed by atoms with Gasteiger partial charge in [-0.25, -0.2) is 0 Å². The van der Waals surface area contributed by atoms with Crippen molar-refractivity contribution in [3.05, 3.63) is 6.92 Å². The second-order valence-electron chi connectivity index (χ2n) is 0.780. The molecule has 0 atom stereocenters. The largest absolute Gasteiger partial charge is 0.362 e. The minimum absolute atomic E-state index is 0. The van der Waals surface area contributed by atoms with E-state index < -0.39 is 0 Å². The van der Waals surface area contributed by atoms with Crippen LogP contribution in [0.15, 0.2) is 0 Å². The molecule has 1 N–H and O–H groups in total.